The van der Waals surface area contributed by atoms with Gasteiger partial charge in [-0.05, 0) is 79.5 Å². The molecule has 154 valence electrons. The summed E-state index contributed by atoms with van der Waals surface area (Å²) in [5.41, 5.74) is 8.03. The van der Waals surface area contributed by atoms with Gasteiger partial charge in [0.1, 0.15) is 5.75 Å². The van der Waals surface area contributed by atoms with Gasteiger partial charge in [0.15, 0.2) is 0 Å². The number of rotatable bonds is 10. The van der Waals surface area contributed by atoms with E-state index in [1.54, 1.807) is 0 Å². The zero-order valence-electron chi connectivity index (χ0n) is 17.7. The molecule has 1 aliphatic rings. The summed E-state index contributed by atoms with van der Waals surface area (Å²) < 4.78 is 0. The Balaban J connectivity index is 2.13. The molecule has 0 aromatic heterocycles. The molecule has 0 heterocycles. The van der Waals surface area contributed by atoms with Gasteiger partial charge in [0.05, 0.1) is 6.10 Å². The van der Waals surface area contributed by atoms with Crippen LogP contribution >= 0.6 is 0 Å². The molecule has 1 aromatic rings. The summed E-state index contributed by atoms with van der Waals surface area (Å²) in [6.45, 7) is 7.51. The van der Waals surface area contributed by atoms with Gasteiger partial charge in [-0.3, -0.25) is 0 Å². The largest absolute Gasteiger partial charge is 0.508 e. The first kappa shape index (κ1) is 22.2. The van der Waals surface area contributed by atoms with Crippen molar-refractivity contribution in [3.05, 3.63) is 29.3 Å². The Bertz CT molecular complexity index is 567. The number of benzene rings is 1. The second-order valence-electron chi connectivity index (χ2n) is 9.23. The molecule has 4 N–H and O–H groups in total. The summed E-state index contributed by atoms with van der Waals surface area (Å²) in [5.74, 6) is 1.16. The number of aliphatic hydroxyl groups is 1. The monoisotopic (exact) mass is 375 g/mol. The lowest BCUT2D eigenvalue weighted by Crippen LogP contribution is -2.27. The van der Waals surface area contributed by atoms with Crippen molar-refractivity contribution in [2.75, 3.05) is 6.54 Å². The van der Waals surface area contributed by atoms with Gasteiger partial charge < -0.3 is 15.9 Å². The first-order valence-electron chi connectivity index (χ1n) is 11.1. The third kappa shape index (κ3) is 6.22. The van der Waals surface area contributed by atoms with Crippen molar-refractivity contribution in [1.82, 2.24) is 0 Å². The minimum absolute atomic E-state index is 0.0782. The maximum Gasteiger partial charge on any atom is 0.119 e. The molecule has 0 saturated heterocycles. The van der Waals surface area contributed by atoms with E-state index in [9.17, 15) is 10.2 Å². The number of hydrogen-bond acceptors (Lipinski definition) is 3. The van der Waals surface area contributed by atoms with Gasteiger partial charge in [0, 0.05) is 0 Å². The number of aliphatic hydroxyl groups excluding tert-OH is 1. The van der Waals surface area contributed by atoms with Gasteiger partial charge in [0.25, 0.3) is 0 Å². The fourth-order valence-corrected chi connectivity index (χ4v) is 4.73. The highest BCUT2D eigenvalue weighted by Gasteiger charge is 2.32. The van der Waals surface area contributed by atoms with Crippen molar-refractivity contribution in [3.8, 4) is 5.75 Å². The molecule has 0 aliphatic heterocycles. The molecule has 3 nitrogen and oxygen atoms in total. The number of hydrogen-bond donors (Lipinski definition) is 3. The Morgan fingerprint density at radius 1 is 1.11 bits per heavy atom. The van der Waals surface area contributed by atoms with E-state index >= 15 is 0 Å². The van der Waals surface area contributed by atoms with E-state index in [2.05, 4.69) is 32.9 Å². The average molecular weight is 376 g/mol. The lowest BCUT2D eigenvalue weighted by molar-refractivity contribution is 0.0899. The van der Waals surface area contributed by atoms with Gasteiger partial charge in [-0.2, -0.15) is 0 Å². The molecule has 1 aromatic carbocycles. The summed E-state index contributed by atoms with van der Waals surface area (Å²) >= 11 is 0. The molecule has 1 fully saturated rings. The molecule has 0 spiro atoms. The minimum atomic E-state index is -0.252. The van der Waals surface area contributed by atoms with Crippen LogP contribution in [-0.2, 0) is 5.41 Å². The van der Waals surface area contributed by atoms with E-state index in [0.29, 0.717) is 18.2 Å². The van der Waals surface area contributed by atoms with Crippen LogP contribution in [0.1, 0.15) is 102 Å². The third-order valence-electron chi connectivity index (χ3n) is 6.61. The maximum absolute atomic E-state index is 10.8. The average Bonchev–Trinajstić information content (AvgIpc) is 2.64. The van der Waals surface area contributed by atoms with Crippen LogP contribution in [-0.4, -0.2) is 22.9 Å². The Morgan fingerprint density at radius 3 is 2.56 bits per heavy atom. The minimum Gasteiger partial charge on any atom is -0.508 e. The molecule has 3 heteroatoms. The molecule has 0 amide bonds. The lowest BCUT2D eigenvalue weighted by atomic mass is 9.71. The molecule has 2 rings (SSSR count). The van der Waals surface area contributed by atoms with Crippen molar-refractivity contribution in [2.24, 2.45) is 11.7 Å². The van der Waals surface area contributed by atoms with Crippen LogP contribution in [0.5, 0.6) is 5.75 Å². The quantitative estimate of drug-likeness (QED) is 0.465. The number of phenolic OH excluding ortho intramolecular Hbond substituents is 1. The van der Waals surface area contributed by atoms with E-state index in [1.165, 1.54) is 31.2 Å². The highest BCUT2D eigenvalue weighted by atomic mass is 16.3. The Morgan fingerprint density at radius 2 is 1.89 bits per heavy atom. The van der Waals surface area contributed by atoms with Crippen LogP contribution in [0.25, 0.3) is 0 Å². The smallest absolute Gasteiger partial charge is 0.119 e. The maximum atomic E-state index is 10.8. The van der Waals surface area contributed by atoms with Gasteiger partial charge in [-0.15, -0.1) is 0 Å². The van der Waals surface area contributed by atoms with Crippen LogP contribution < -0.4 is 5.73 Å². The Kier molecular flexibility index (Phi) is 8.62. The number of unbranched alkanes of at least 4 members (excludes halogenated alkanes) is 3. The van der Waals surface area contributed by atoms with Gasteiger partial charge in [-0.1, -0.05) is 58.6 Å². The van der Waals surface area contributed by atoms with Crippen LogP contribution in [0.2, 0.25) is 0 Å². The van der Waals surface area contributed by atoms with Crippen LogP contribution in [0, 0.1) is 5.92 Å². The van der Waals surface area contributed by atoms with Crippen LogP contribution in [0.15, 0.2) is 18.2 Å². The predicted molar refractivity (Wildman–Crippen MR) is 114 cm³/mol. The number of phenols is 1. The lowest BCUT2D eigenvalue weighted by Gasteiger charge is -2.35. The second-order valence-corrected chi connectivity index (χ2v) is 9.23. The Labute approximate surface area is 166 Å². The summed E-state index contributed by atoms with van der Waals surface area (Å²) in [6.07, 6.45) is 10.7. The molecule has 27 heavy (non-hydrogen) atoms. The van der Waals surface area contributed by atoms with E-state index in [1.807, 2.05) is 6.07 Å². The fraction of sp³-hybridized carbons (Fsp3) is 0.750. The zero-order valence-corrected chi connectivity index (χ0v) is 17.7. The SMILES string of the molecule is CCCCCCC(C)(C)c1ccc(C2CC(O)CCC2CCCN)c(O)c1. The van der Waals surface area contributed by atoms with E-state index < -0.39 is 0 Å². The Hall–Kier alpha value is -1.06. The number of aromatic hydroxyl groups is 1. The van der Waals surface area contributed by atoms with Gasteiger partial charge in [0.2, 0.25) is 0 Å². The molecule has 3 atom stereocenters. The molecular formula is C24H41NO2. The summed E-state index contributed by atoms with van der Waals surface area (Å²) in [6, 6.07) is 6.31. The standard InChI is InChI=1S/C24H41NO2/c1-4-5-6-7-14-24(2,3)19-11-13-21(23(27)16-19)22-17-20(26)12-10-18(22)9-8-15-25/h11,13,16,18,20,22,26-27H,4-10,12,14-15,17,25H2,1-3H3. The zero-order chi connectivity index (χ0) is 19.9. The summed E-state index contributed by atoms with van der Waals surface area (Å²) in [5, 5.41) is 21.0. The first-order chi connectivity index (χ1) is 12.9. The third-order valence-corrected chi connectivity index (χ3v) is 6.61. The van der Waals surface area contributed by atoms with E-state index in [0.717, 1.165) is 44.1 Å². The molecule has 0 radical (unpaired) electrons. The van der Waals surface area contributed by atoms with Crippen molar-refractivity contribution in [1.29, 1.82) is 0 Å². The van der Waals surface area contributed by atoms with Gasteiger partial charge in [-0.25, -0.2) is 0 Å². The van der Waals surface area contributed by atoms with E-state index in [4.69, 9.17) is 5.73 Å². The summed E-state index contributed by atoms with van der Waals surface area (Å²) in [7, 11) is 0. The fourth-order valence-electron chi connectivity index (χ4n) is 4.73. The highest BCUT2D eigenvalue weighted by Crippen LogP contribution is 2.44. The van der Waals surface area contributed by atoms with Crippen molar-refractivity contribution >= 4 is 0 Å². The van der Waals surface area contributed by atoms with Gasteiger partial charge >= 0.3 is 0 Å². The number of nitrogens with two attached hydrogens (primary N) is 1. The van der Waals surface area contributed by atoms with E-state index in [-0.39, 0.29) is 17.4 Å². The molecular weight excluding hydrogens is 334 g/mol. The van der Waals surface area contributed by atoms with Crippen molar-refractivity contribution < 1.29 is 10.2 Å². The normalized spacial score (nSPS) is 23.5. The topological polar surface area (TPSA) is 66.5 Å². The van der Waals surface area contributed by atoms with Crippen LogP contribution in [0.4, 0.5) is 0 Å². The van der Waals surface area contributed by atoms with Crippen molar-refractivity contribution in [3.63, 3.8) is 0 Å². The first-order valence-corrected chi connectivity index (χ1v) is 11.1. The predicted octanol–water partition coefficient (Wildman–Crippen LogP) is 5.62. The van der Waals surface area contributed by atoms with Crippen LogP contribution in [0.3, 0.4) is 0 Å². The molecule has 1 saturated carbocycles. The summed E-state index contributed by atoms with van der Waals surface area (Å²) in [4.78, 5) is 0. The molecule has 1 aliphatic carbocycles. The second kappa shape index (κ2) is 10.5. The molecule has 0 bridgehead atoms. The van der Waals surface area contributed by atoms with Crippen molar-refractivity contribution in [2.45, 2.75) is 102 Å². The molecule has 3 unspecified atom stereocenters. The highest BCUT2D eigenvalue weighted by molar-refractivity contribution is 5.42.